The number of hydrogen-bond donors (Lipinski definition) is 5. The zero-order valence-electron chi connectivity index (χ0n) is 23.8. The van der Waals surface area contributed by atoms with Gasteiger partial charge >= 0.3 is 0 Å². The third kappa shape index (κ3) is 4.13. The summed E-state index contributed by atoms with van der Waals surface area (Å²) in [6, 6.07) is 5.66. The Kier molecular flexibility index (Phi) is 6.08. The molecule has 4 aromatic carbocycles. The van der Waals surface area contributed by atoms with Crippen LogP contribution < -0.4 is 23.7 Å². The SMILES string of the molecule is COc1cc(OC)c2c(O)c3c(c(-c4c(O)cc5cc6c(c(O)c5c4OC)C(=O)C[C@@](C)(O)O6)c2c1)O[C@](C)(O)CC3=O. The first-order valence-corrected chi connectivity index (χ1v) is 13.2. The number of fused-ring (bicyclic) bond motifs is 4. The number of methoxy groups -OCH3 is 3. The molecule has 0 unspecified atom stereocenters. The van der Waals surface area contributed by atoms with Gasteiger partial charge in [0.25, 0.3) is 0 Å². The lowest BCUT2D eigenvalue weighted by Gasteiger charge is -2.33. The molecule has 2 aliphatic heterocycles. The summed E-state index contributed by atoms with van der Waals surface area (Å²) in [7, 11) is 4.05. The van der Waals surface area contributed by atoms with Crippen LogP contribution in [0.1, 0.15) is 47.4 Å². The number of carbonyl (C=O) groups is 2. The van der Waals surface area contributed by atoms with Crippen LogP contribution in [0.4, 0.5) is 0 Å². The average molecular weight is 593 g/mol. The van der Waals surface area contributed by atoms with Crippen molar-refractivity contribution in [1.29, 1.82) is 0 Å². The summed E-state index contributed by atoms with van der Waals surface area (Å²) in [4.78, 5) is 26.4. The molecule has 5 N–H and O–H groups in total. The molecule has 43 heavy (non-hydrogen) atoms. The number of ketones is 2. The van der Waals surface area contributed by atoms with Gasteiger partial charge in [0.2, 0.25) is 11.6 Å². The van der Waals surface area contributed by atoms with E-state index in [1.165, 1.54) is 59.4 Å². The Labute approximate surface area is 244 Å². The van der Waals surface area contributed by atoms with Gasteiger partial charge in [-0.2, -0.15) is 0 Å². The number of ether oxygens (including phenoxy) is 5. The van der Waals surface area contributed by atoms with Crippen LogP contribution in [-0.2, 0) is 0 Å². The number of benzene rings is 4. The first-order chi connectivity index (χ1) is 20.2. The van der Waals surface area contributed by atoms with Gasteiger partial charge in [-0.05, 0) is 23.6 Å². The third-order valence-electron chi connectivity index (χ3n) is 7.67. The van der Waals surface area contributed by atoms with Gasteiger partial charge in [0, 0.05) is 30.9 Å². The van der Waals surface area contributed by atoms with Crippen LogP contribution in [0.5, 0.6) is 46.0 Å². The summed E-state index contributed by atoms with van der Waals surface area (Å²) in [5.74, 6) is -6.51. The molecule has 0 aliphatic carbocycles. The molecule has 2 aliphatic rings. The molecule has 0 saturated heterocycles. The predicted octanol–water partition coefficient (Wildman–Crippen LogP) is 4.15. The molecular formula is C31H28O12. The number of aromatic hydroxyl groups is 3. The number of aliphatic hydroxyl groups is 2. The zero-order chi connectivity index (χ0) is 31.2. The van der Waals surface area contributed by atoms with Crippen LogP contribution in [0.3, 0.4) is 0 Å². The van der Waals surface area contributed by atoms with Crippen molar-refractivity contribution in [2.75, 3.05) is 21.3 Å². The highest BCUT2D eigenvalue weighted by Crippen LogP contribution is 2.58. The Morgan fingerprint density at radius 1 is 0.721 bits per heavy atom. The number of carbonyl (C=O) groups excluding carboxylic acids is 2. The Bertz CT molecular complexity index is 1900. The lowest BCUT2D eigenvalue weighted by molar-refractivity contribution is -0.124. The van der Waals surface area contributed by atoms with E-state index in [1.54, 1.807) is 0 Å². The molecule has 0 saturated carbocycles. The van der Waals surface area contributed by atoms with Crippen molar-refractivity contribution in [3.05, 3.63) is 35.4 Å². The maximum absolute atomic E-state index is 13.4. The van der Waals surface area contributed by atoms with Gasteiger partial charge in [-0.25, -0.2) is 0 Å². The predicted molar refractivity (Wildman–Crippen MR) is 152 cm³/mol. The minimum Gasteiger partial charge on any atom is -0.507 e. The summed E-state index contributed by atoms with van der Waals surface area (Å²) >= 11 is 0. The van der Waals surface area contributed by atoms with Crippen molar-refractivity contribution in [3.63, 3.8) is 0 Å². The Balaban J connectivity index is 1.82. The molecule has 0 spiro atoms. The van der Waals surface area contributed by atoms with Crippen LogP contribution in [0.2, 0.25) is 0 Å². The lowest BCUT2D eigenvalue weighted by atomic mass is 9.86. The van der Waals surface area contributed by atoms with Crippen molar-refractivity contribution in [2.24, 2.45) is 0 Å². The first kappa shape index (κ1) is 28.2. The fourth-order valence-electron chi connectivity index (χ4n) is 5.97. The second kappa shape index (κ2) is 9.28. The summed E-state index contributed by atoms with van der Waals surface area (Å²) in [6.07, 6.45) is -0.899. The minimum atomic E-state index is -1.98. The smallest absolute Gasteiger partial charge is 0.212 e. The quantitative estimate of drug-likeness (QED) is 0.229. The van der Waals surface area contributed by atoms with E-state index in [9.17, 15) is 35.1 Å². The van der Waals surface area contributed by atoms with Crippen molar-refractivity contribution >= 4 is 33.1 Å². The molecule has 224 valence electrons. The number of phenolic OH excluding ortho intramolecular Hbond substituents is 3. The fourth-order valence-corrected chi connectivity index (χ4v) is 5.97. The third-order valence-corrected chi connectivity index (χ3v) is 7.67. The molecule has 0 amide bonds. The zero-order valence-corrected chi connectivity index (χ0v) is 23.8. The second-order valence-electron chi connectivity index (χ2n) is 10.9. The molecule has 0 bridgehead atoms. The number of rotatable bonds is 4. The van der Waals surface area contributed by atoms with Crippen molar-refractivity contribution in [2.45, 2.75) is 38.3 Å². The maximum atomic E-state index is 13.4. The number of hydrogen-bond acceptors (Lipinski definition) is 12. The number of phenols is 3. The van der Waals surface area contributed by atoms with Crippen LogP contribution in [0, 0.1) is 0 Å². The molecule has 0 aromatic heterocycles. The van der Waals surface area contributed by atoms with E-state index < -0.39 is 53.2 Å². The summed E-state index contributed by atoms with van der Waals surface area (Å²) in [5, 5.41) is 56.1. The monoisotopic (exact) mass is 592 g/mol. The maximum Gasteiger partial charge on any atom is 0.212 e. The van der Waals surface area contributed by atoms with Crippen LogP contribution in [0.15, 0.2) is 24.3 Å². The largest absolute Gasteiger partial charge is 0.507 e. The summed E-state index contributed by atoms with van der Waals surface area (Å²) < 4.78 is 28.2. The number of Topliss-reactive ketones (excluding diaryl/α,β-unsaturated/α-hetero) is 2. The molecular weight excluding hydrogens is 564 g/mol. The summed E-state index contributed by atoms with van der Waals surface area (Å²) in [6.45, 7) is 2.59. The topological polar surface area (TPSA) is 181 Å². The Hall–Kier alpha value is -4.94. The first-order valence-electron chi connectivity index (χ1n) is 13.2. The second-order valence-corrected chi connectivity index (χ2v) is 10.9. The molecule has 0 fully saturated rings. The molecule has 12 heteroatoms. The van der Waals surface area contributed by atoms with Gasteiger partial charge in [-0.1, -0.05) is 0 Å². The Morgan fingerprint density at radius 2 is 1.35 bits per heavy atom. The van der Waals surface area contributed by atoms with Crippen molar-refractivity contribution in [1.82, 2.24) is 0 Å². The summed E-state index contributed by atoms with van der Waals surface area (Å²) in [5.41, 5.74) is -0.542. The van der Waals surface area contributed by atoms with E-state index in [1.807, 2.05) is 0 Å². The van der Waals surface area contributed by atoms with Gasteiger partial charge < -0.3 is 49.2 Å². The van der Waals surface area contributed by atoms with E-state index in [4.69, 9.17) is 23.7 Å². The van der Waals surface area contributed by atoms with Gasteiger partial charge in [-0.15, -0.1) is 0 Å². The van der Waals surface area contributed by atoms with Gasteiger partial charge in [-0.3, -0.25) is 9.59 Å². The van der Waals surface area contributed by atoms with E-state index in [0.29, 0.717) is 0 Å². The molecule has 2 atom stereocenters. The van der Waals surface area contributed by atoms with Crippen LogP contribution >= 0.6 is 0 Å². The van der Waals surface area contributed by atoms with Crippen LogP contribution in [0.25, 0.3) is 32.7 Å². The Morgan fingerprint density at radius 3 is 1.98 bits per heavy atom. The van der Waals surface area contributed by atoms with Crippen LogP contribution in [-0.4, -0.2) is 70.0 Å². The van der Waals surface area contributed by atoms with Gasteiger partial charge in [0.05, 0.1) is 50.5 Å². The average Bonchev–Trinajstić information content (AvgIpc) is 2.90. The molecule has 2 heterocycles. The van der Waals surface area contributed by atoms with E-state index >= 15 is 0 Å². The van der Waals surface area contributed by atoms with Crippen molar-refractivity contribution < 1.29 is 58.8 Å². The fraction of sp³-hybridized carbons (Fsp3) is 0.290. The normalized spacial score (nSPS) is 21.2. The van der Waals surface area contributed by atoms with E-state index in [0.717, 1.165) is 0 Å². The van der Waals surface area contributed by atoms with Crippen molar-refractivity contribution in [3.8, 4) is 57.1 Å². The molecule has 12 nitrogen and oxygen atoms in total. The molecule has 6 rings (SSSR count). The molecule has 0 radical (unpaired) electrons. The minimum absolute atomic E-state index is 0.00581. The molecule has 4 aromatic rings. The van der Waals surface area contributed by atoms with Gasteiger partial charge in [0.1, 0.15) is 57.1 Å². The van der Waals surface area contributed by atoms with E-state index in [2.05, 4.69) is 0 Å². The highest BCUT2D eigenvalue weighted by Gasteiger charge is 2.42. The highest BCUT2D eigenvalue weighted by atomic mass is 16.6. The lowest BCUT2D eigenvalue weighted by Crippen LogP contribution is -2.39. The highest BCUT2D eigenvalue weighted by molar-refractivity contribution is 6.19. The standard InChI is InChI=1S/C31H28O12/c1-30(37)10-16(33)23-19(42-30)7-12-6-15(32)24(28(41-5)20(12)26(23)35)22-14-8-13(39-3)9-18(40-4)21(14)27(36)25-17(34)11-31(2,38)43-29(22)25/h6-9,32,35-38H,10-11H2,1-5H3/t30-,31-/m0/s1. The van der Waals surface area contributed by atoms with E-state index in [-0.39, 0.29) is 72.5 Å². The van der Waals surface area contributed by atoms with Gasteiger partial charge in [0.15, 0.2) is 11.6 Å².